The van der Waals surface area contributed by atoms with Gasteiger partial charge in [0.15, 0.2) is 0 Å². The van der Waals surface area contributed by atoms with Crippen LogP contribution in [0.5, 0.6) is 11.5 Å². The molecule has 0 atom stereocenters. The first-order valence-electron chi connectivity index (χ1n) is 8.80. The first kappa shape index (κ1) is 22.4. The van der Waals surface area contributed by atoms with Crippen molar-refractivity contribution in [3.63, 3.8) is 0 Å². The minimum Gasteiger partial charge on any atom is -0.496 e. The number of amides is 1. The van der Waals surface area contributed by atoms with Crippen LogP contribution in [0.15, 0.2) is 65.8 Å². The Morgan fingerprint density at radius 2 is 1.83 bits per heavy atom. The van der Waals surface area contributed by atoms with Gasteiger partial charge in [-0.15, -0.1) is 0 Å². The Morgan fingerprint density at radius 3 is 2.53 bits per heavy atom. The second-order valence-electron chi connectivity index (χ2n) is 6.15. The minimum atomic E-state index is -0.317. The van der Waals surface area contributed by atoms with Gasteiger partial charge in [-0.3, -0.25) is 4.79 Å². The van der Waals surface area contributed by atoms with E-state index in [4.69, 9.17) is 32.7 Å². The molecule has 0 aliphatic carbocycles. The van der Waals surface area contributed by atoms with Gasteiger partial charge in [0.25, 0.3) is 5.91 Å². The molecule has 30 heavy (non-hydrogen) atoms. The van der Waals surface area contributed by atoms with Gasteiger partial charge in [0.05, 0.1) is 26.9 Å². The molecule has 0 aliphatic rings. The van der Waals surface area contributed by atoms with Gasteiger partial charge >= 0.3 is 0 Å². The van der Waals surface area contributed by atoms with Crippen molar-refractivity contribution in [2.24, 2.45) is 5.10 Å². The van der Waals surface area contributed by atoms with E-state index in [-0.39, 0.29) is 5.91 Å². The highest BCUT2D eigenvalue weighted by molar-refractivity contribution is 14.1. The molecule has 1 amide bonds. The number of nitrogens with zero attached hydrogens (tertiary/aromatic N) is 1. The third kappa shape index (κ3) is 6.10. The number of benzene rings is 3. The van der Waals surface area contributed by atoms with Gasteiger partial charge < -0.3 is 9.47 Å². The summed E-state index contributed by atoms with van der Waals surface area (Å²) in [6.07, 6.45) is 1.56. The Bertz CT molecular complexity index is 1070. The highest BCUT2D eigenvalue weighted by Gasteiger charge is 2.08. The summed E-state index contributed by atoms with van der Waals surface area (Å²) in [6.45, 7) is 0.375. The number of methoxy groups -OCH3 is 1. The van der Waals surface area contributed by atoms with E-state index in [1.807, 2.05) is 36.4 Å². The standard InChI is InChI=1S/C22H17Cl2IN2O3/c1-29-21-11-16(5-9-20(21)25)22(28)27-26-12-14-2-6-17(7-3-14)30-13-15-4-8-18(23)19(24)10-15/h2-12H,13H2,1H3,(H,27,28)/b26-12-. The molecule has 1 N–H and O–H groups in total. The third-order valence-electron chi connectivity index (χ3n) is 4.06. The molecule has 3 aromatic rings. The van der Waals surface area contributed by atoms with Crippen molar-refractivity contribution < 1.29 is 14.3 Å². The molecule has 8 heteroatoms. The van der Waals surface area contributed by atoms with Crippen LogP contribution in [0.25, 0.3) is 0 Å². The van der Waals surface area contributed by atoms with E-state index in [0.717, 1.165) is 14.7 Å². The zero-order valence-corrected chi connectivity index (χ0v) is 19.5. The van der Waals surface area contributed by atoms with Crippen LogP contribution < -0.4 is 14.9 Å². The number of hydrogen-bond acceptors (Lipinski definition) is 4. The summed E-state index contributed by atoms with van der Waals surface area (Å²) in [7, 11) is 1.56. The van der Waals surface area contributed by atoms with E-state index < -0.39 is 0 Å². The Labute approximate surface area is 198 Å². The lowest BCUT2D eigenvalue weighted by atomic mass is 10.2. The molecule has 0 saturated heterocycles. The van der Waals surface area contributed by atoms with E-state index in [1.54, 1.807) is 37.6 Å². The number of hydrazone groups is 1. The number of carbonyl (C=O) groups excluding carboxylic acids is 1. The molecule has 3 aromatic carbocycles. The summed E-state index contributed by atoms with van der Waals surface area (Å²) < 4.78 is 11.9. The fraction of sp³-hybridized carbons (Fsp3) is 0.0909. The molecular formula is C22H17Cl2IN2O3. The van der Waals surface area contributed by atoms with Crippen molar-refractivity contribution in [2.45, 2.75) is 6.61 Å². The van der Waals surface area contributed by atoms with Gasteiger partial charge in [-0.25, -0.2) is 5.43 Å². The molecule has 0 saturated carbocycles. The molecule has 0 radical (unpaired) electrons. The molecule has 0 aliphatic heterocycles. The molecule has 154 valence electrons. The molecular weight excluding hydrogens is 538 g/mol. The van der Waals surface area contributed by atoms with Gasteiger partial charge in [-0.2, -0.15) is 5.10 Å². The lowest BCUT2D eigenvalue weighted by Gasteiger charge is -2.07. The van der Waals surface area contributed by atoms with Crippen LogP contribution >= 0.6 is 45.8 Å². The topological polar surface area (TPSA) is 59.9 Å². The second-order valence-corrected chi connectivity index (χ2v) is 8.13. The SMILES string of the molecule is COc1cc(C(=O)N/N=C\c2ccc(OCc3ccc(Cl)c(Cl)c3)cc2)ccc1I. The van der Waals surface area contributed by atoms with Gasteiger partial charge in [0, 0.05) is 5.56 Å². The van der Waals surface area contributed by atoms with Crippen molar-refractivity contribution in [3.05, 3.63) is 91.0 Å². The zero-order valence-electron chi connectivity index (χ0n) is 15.9. The number of carbonyl (C=O) groups is 1. The molecule has 0 fully saturated rings. The fourth-order valence-corrected chi connectivity index (χ4v) is 3.35. The maximum Gasteiger partial charge on any atom is 0.271 e. The molecule has 0 spiro atoms. The monoisotopic (exact) mass is 554 g/mol. The van der Waals surface area contributed by atoms with Crippen LogP contribution in [0.4, 0.5) is 0 Å². The van der Waals surface area contributed by atoms with Crippen molar-refractivity contribution in [1.29, 1.82) is 0 Å². The van der Waals surface area contributed by atoms with Crippen LogP contribution in [0.3, 0.4) is 0 Å². The van der Waals surface area contributed by atoms with Crippen molar-refractivity contribution in [3.8, 4) is 11.5 Å². The normalized spacial score (nSPS) is 10.8. The van der Waals surface area contributed by atoms with E-state index in [9.17, 15) is 4.79 Å². The summed E-state index contributed by atoms with van der Waals surface area (Å²) in [6, 6.07) is 17.9. The summed E-state index contributed by atoms with van der Waals surface area (Å²) in [4.78, 5) is 12.2. The van der Waals surface area contributed by atoms with Gasteiger partial charge in [-0.1, -0.05) is 29.3 Å². The summed E-state index contributed by atoms with van der Waals surface area (Å²) in [5, 5.41) is 5.01. The van der Waals surface area contributed by atoms with Crippen LogP contribution in [0.2, 0.25) is 10.0 Å². The summed E-state index contributed by atoms with van der Waals surface area (Å²) in [5.74, 6) is 1.03. The predicted molar refractivity (Wildman–Crippen MR) is 128 cm³/mol. The average Bonchev–Trinajstić information content (AvgIpc) is 2.75. The number of ether oxygens (including phenoxy) is 2. The van der Waals surface area contributed by atoms with Gasteiger partial charge in [-0.05, 0) is 88.3 Å². The molecule has 3 rings (SSSR count). The molecule has 0 bridgehead atoms. The molecule has 0 heterocycles. The van der Waals surface area contributed by atoms with E-state index in [2.05, 4.69) is 33.1 Å². The number of halogens is 3. The average molecular weight is 555 g/mol. The lowest BCUT2D eigenvalue weighted by Crippen LogP contribution is -2.17. The first-order chi connectivity index (χ1) is 14.5. The highest BCUT2D eigenvalue weighted by atomic mass is 127. The Balaban J connectivity index is 1.54. The molecule has 0 unspecified atom stereocenters. The van der Waals surface area contributed by atoms with Crippen LogP contribution in [0, 0.1) is 3.57 Å². The van der Waals surface area contributed by atoms with Crippen molar-refractivity contribution in [1.82, 2.24) is 5.43 Å². The number of nitrogens with one attached hydrogen (secondary N) is 1. The van der Waals surface area contributed by atoms with E-state index in [1.165, 1.54) is 0 Å². The van der Waals surface area contributed by atoms with Crippen molar-refractivity contribution >= 4 is 57.9 Å². The smallest absolute Gasteiger partial charge is 0.271 e. The number of hydrogen-bond donors (Lipinski definition) is 1. The Hall–Kier alpha value is -2.29. The lowest BCUT2D eigenvalue weighted by molar-refractivity contribution is 0.0954. The molecule has 5 nitrogen and oxygen atoms in total. The highest BCUT2D eigenvalue weighted by Crippen LogP contribution is 2.24. The van der Waals surface area contributed by atoms with Crippen LogP contribution in [0.1, 0.15) is 21.5 Å². The largest absolute Gasteiger partial charge is 0.496 e. The van der Waals surface area contributed by atoms with Crippen LogP contribution in [-0.2, 0) is 6.61 Å². The maximum atomic E-state index is 12.2. The third-order valence-corrected chi connectivity index (χ3v) is 5.69. The zero-order chi connectivity index (χ0) is 21.5. The molecule has 0 aromatic heterocycles. The van der Waals surface area contributed by atoms with Gasteiger partial charge in [0.1, 0.15) is 18.1 Å². The quantitative estimate of drug-likeness (QED) is 0.223. The maximum absolute atomic E-state index is 12.2. The predicted octanol–water partition coefficient (Wildman–Crippen LogP) is 5.95. The van der Waals surface area contributed by atoms with Gasteiger partial charge in [0.2, 0.25) is 0 Å². The summed E-state index contributed by atoms with van der Waals surface area (Å²) >= 11 is 14.1. The first-order valence-corrected chi connectivity index (χ1v) is 10.6. The fourth-order valence-electron chi connectivity index (χ4n) is 2.48. The Morgan fingerprint density at radius 1 is 1.07 bits per heavy atom. The van der Waals surface area contributed by atoms with Crippen LogP contribution in [-0.4, -0.2) is 19.2 Å². The minimum absolute atomic E-state index is 0.317. The Kier molecular flexibility index (Phi) is 7.95. The van der Waals surface area contributed by atoms with E-state index >= 15 is 0 Å². The second kappa shape index (κ2) is 10.7. The van der Waals surface area contributed by atoms with E-state index in [0.29, 0.717) is 33.7 Å². The van der Waals surface area contributed by atoms with Crippen molar-refractivity contribution in [2.75, 3.05) is 7.11 Å². The summed E-state index contributed by atoms with van der Waals surface area (Å²) in [5.41, 5.74) is 4.71. The number of rotatable bonds is 7.